The average Bonchev–Trinajstić information content (AvgIpc) is 2.78. The number of halogens is 2. The molecule has 0 unspecified atom stereocenters. The van der Waals surface area contributed by atoms with Crippen molar-refractivity contribution in [1.29, 1.82) is 0 Å². The Morgan fingerprint density at radius 3 is 2.33 bits per heavy atom. The molecule has 0 spiro atoms. The van der Waals surface area contributed by atoms with Crippen LogP contribution in [0.1, 0.15) is 21.5 Å². The Labute approximate surface area is 207 Å². The molecule has 33 heavy (non-hydrogen) atoms. The van der Waals surface area contributed by atoms with Crippen LogP contribution in [0.4, 0.5) is 5.69 Å². The first kappa shape index (κ1) is 25.1. The van der Waals surface area contributed by atoms with E-state index in [1.54, 1.807) is 54.6 Å². The Morgan fingerprint density at radius 1 is 1.06 bits per heavy atom. The molecule has 0 aliphatic carbocycles. The smallest absolute Gasteiger partial charge is 0.251 e. The number of aryl methyl sites for hydroxylation is 1. The Bertz CT molecular complexity index is 1220. The number of hydrogen-bond donors (Lipinski definition) is 1. The maximum absolute atomic E-state index is 12.4. The van der Waals surface area contributed by atoms with Crippen molar-refractivity contribution < 1.29 is 17.9 Å². The third-order valence-electron chi connectivity index (χ3n) is 4.84. The second-order valence-corrected chi connectivity index (χ2v) is 10.7. The van der Waals surface area contributed by atoms with Crippen LogP contribution >= 0.6 is 27.5 Å². The molecule has 3 rings (SSSR count). The highest BCUT2D eigenvalue weighted by atomic mass is 79.9. The summed E-state index contributed by atoms with van der Waals surface area (Å²) in [6, 6.07) is 19.3. The van der Waals surface area contributed by atoms with Gasteiger partial charge in [-0.15, -0.1) is 0 Å². The molecule has 6 nitrogen and oxygen atoms in total. The zero-order valence-electron chi connectivity index (χ0n) is 18.2. The molecule has 0 aromatic heterocycles. The van der Waals surface area contributed by atoms with Gasteiger partial charge in [-0.25, -0.2) is 8.42 Å². The third kappa shape index (κ3) is 7.22. The molecule has 3 aromatic carbocycles. The third-order valence-corrected chi connectivity index (χ3v) is 7.12. The summed E-state index contributed by atoms with van der Waals surface area (Å²) in [6.07, 6.45) is 1.18. The quantitative estimate of drug-likeness (QED) is 0.372. The summed E-state index contributed by atoms with van der Waals surface area (Å²) in [7, 11) is -3.50. The van der Waals surface area contributed by atoms with Crippen LogP contribution < -0.4 is 14.4 Å². The zero-order chi connectivity index (χ0) is 24.0. The Kier molecular flexibility index (Phi) is 8.40. The fourth-order valence-corrected chi connectivity index (χ4v) is 4.33. The van der Waals surface area contributed by atoms with E-state index in [4.69, 9.17) is 16.3 Å². The first-order valence-electron chi connectivity index (χ1n) is 10.1. The van der Waals surface area contributed by atoms with E-state index in [9.17, 15) is 13.2 Å². The van der Waals surface area contributed by atoms with E-state index in [1.807, 2.05) is 19.1 Å². The van der Waals surface area contributed by atoms with Crippen LogP contribution in [-0.2, 0) is 16.6 Å². The van der Waals surface area contributed by atoms with Crippen LogP contribution in [0.15, 0.2) is 71.2 Å². The molecule has 3 aromatic rings. The number of sulfonamides is 1. The molecule has 0 aliphatic heterocycles. The molecular formula is C24H24BrClN2O4S. The predicted octanol–water partition coefficient (Wildman–Crippen LogP) is 5.19. The van der Waals surface area contributed by atoms with Crippen molar-refractivity contribution in [2.45, 2.75) is 13.5 Å². The predicted molar refractivity (Wildman–Crippen MR) is 136 cm³/mol. The standard InChI is InChI=1S/C24H24BrClN2O4S/c1-17-15-21(9-12-23(17)25)28(33(2,30)31)16-18-3-5-19(6-4-18)24(29)27-13-14-32-22-10-7-20(26)8-11-22/h3-12,15H,13-14,16H2,1-2H3,(H,27,29). The molecule has 0 saturated heterocycles. The fraction of sp³-hybridized carbons (Fsp3) is 0.208. The number of carbonyl (C=O) groups excluding carboxylic acids is 1. The lowest BCUT2D eigenvalue weighted by Gasteiger charge is -2.23. The van der Waals surface area contributed by atoms with Gasteiger partial charge in [0.2, 0.25) is 10.0 Å². The SMILES string of the molecule is Cc1cc(N(Cc2ccc(C(=O)NCCOc3ccc(Cl)cc3)cc2)S(C)(=O)=O)ccc1Br. The summed E-state index contributed by atoms with van der Waals surface area (Å²) < 4.78 is 32.6. The molecule has 0 fully saturated rings. The van der Waals surface area contributed by atoms with Gasteiger partial charge in [0, 0.05) is 15.1 Å². The minimum atomic E-state index is -3.50. The van der Waals surface area contributed by atoms with Gasteiger partial charge in [0.05, 0.1) is 25.0 Å². The van der Waals surface area contributed by atoms with E-state index in [0.717, 1.165) is 15.6 Å². The van der Waals surface area contributed by atoms with Gasteiger partial charge in [-0.1, -0.05) is 39.7 Å². The van der Waals surface area contributed by atoms with Crippen molar-refractivity contribution in [1.82, 2.24) is 5.32 Å². The lowest BCUT2D eigenvalue weighted by molar-refractivity contribution is 0.0947. The van der Waals surface area contributed by atoms with Gasteiger partial charge in [0.1, 0.15) is 12.4 Å². The lowest BCUT2D eigenvalue weighted by Crippen LogP contribution is -2.29. The van der Waals surface area contributed by atoms with E-state index in [0.29, 0.717) is 35.2 Å². The van der Waals surface area contributed by atoms with E-state index in [2.05, 4.69) is 21.2 Å². The van der Waals surface area contributed by atoms with E-state index in [-0.39, 0.29) is 12.5 Å². The van der Waals surface area contributed by atoms with Crippen LogP contribution in [0.25, 0.3) is 0 Å². The van der Waals surface area contributed by atoms with Crippen LogP contribution in [0.3, 0.4) is 0 Å². The van der Waals surface area contributed by atoms with Gasteiger partial charge in [-0.2, -0.15) is 0 Å². The van der Waals surface area contributed by atoms with Gasteiger partial charge in [0.15, 0.2) is 0 Å². The summed E-state index contributed by atoms with van der Waals surface area (Å²) in [5.74, 6) is 0.444. The minimum absolute atomic E-state index is 0.163. The van der Waals surface area contributed by atoms with Gasteiger partial charge >= 0.3 is 0 Å². The first-order chi connectivity index (χ1) is 15.6. The van der Waals surface area contributed by atoms with Crippen molar-refractivity contribution in [3.63, 3.8) is 0 Å². The maximum Gasteiger partial charge on any atom is 0.251 e. The van der Waals surface area contributed by atoms with E-state index < -0.39 is 10.0 Å². The van der Waals surface area contributed by atoms with Gasteiger partial charge in [-0.3, -0.25) is 9.10 Å². The number of ether oxygens (including phenoxy) is 1. The molecule has 0 radical (unpaired) electrons. The molecule has 0 bridgehead atoms. The number of benzene rings is 3. The molecule has 0 atom stereocenters. The summed E-state index contributed by atoms with van der Waals surface area (Å²) in [4.78, 5) is 12.4. The molecule has 9 heteroatoms. The van der Waals surface area contributed by atoms with Gasteiger partial charge in [0.25, 0.3) is 5.91 Å². The highest BCUT2D eigenvalue weighted by molar-refractivity contribution is 9.10. The van der Waals surface area contributed by atoms with E-state index >= 15 is 0 Å². The number of anilines is 1. The minimum Gasteiger partial charge on any atom is -0.492 e. The van der Waals surface area contributed by atoms with Gasteiger partial charge < -0.3 is 10.1 Å². The molecule has 174 valence electrons. The molecule has 0 saturated carbocycles. The Balaban J connectivity index is 1.59. The lowest BCUT2D eigenvalue weighted by atomic mass is 10.1. The molecule has 1 N–H and O–H groups in total. The normalized spacial score (nSPS) is 11.2. The summed E-state index contributed by atoms with van der Waals surface area (Å²) in [5.41, 5.74) is 2.77. The van der Waals surface area contributed by atoms with Crippen molar-refractivity contribution >= 4 is 49.1 Å². The van der Waals surface area contributed by atoms with Crippen LogP contribution in [0, 0.1) is 6.92 Å². The second-order valence-electron chi connectivity index (χ2n) is 7.46. The number of amides is 1. The number of nitrogens with zero attached hydrogens (tertiary/aromatic N) is 1. The van der Waals surface area contributed by atoms with Crippen LogP contribution in [-0.4, -0.2) is 33.7 Å². The summed E-state index contributed by atoms with van der Waals surface area (Å²) in [6.45, 7) is 2.73. The molecule has 0 heterocycles. The summed E-state index contributed by atoms with van der Waals surface area (Å²) in [5, 5.41) is 3.43. The van der Waals surface area contributed by atoms with E-state index in [1.165, 1.54) is 10.6 Å². The first-order valence-corrected chi connectivity index (χ1v) is 13.1. The molecule has 1 amide bonds. The van der Waals surface area contributed by atoms with Gasteiger partial charge in [-0.05, 0) is 72.6 Å². The number of carbonyl (C=O) groups is 1. The molecule has 0 aliphatic rings. The largest absolute Gasteiger partial charge is 0.492 e. The summed E-state index contributed by atoms with van der Waals surface area (Å²) >= 11 is 9.28. The zero-order valence-corrected chi connectivity index (χ0v) is 21.4. The highest BCUT2D eigenvalue weighted by Crippen LogP contribution is 2.26. The number of rotatable bonds is 9. The van der Waals surface area contributed by atoms with Crippen LogP contribution in [0.2, 0.25) is 5.02 Å². The highest BCUT2D eigenvalue weighted by Gasteiger charge is 2.19. The van der Waals surface area contributed by atoms with Crippen molar-refractivity contribution in [2.75, 3.05) is 23.7 Å². The fourth-order valence-electron chi connectivity index (χ4n) is 3.08. The van der Waals surface area contributed by atoms with Crippen molar-refractivity contribution in [2.24, 2.45) is 0 Å². The second kappa shape index (κ2) is 11.0. The number of hydrogen-bond acceptors (Lipinski definition) is 4. The monoisotopic (exact) mass is 550 g/mol. The van der Waals surface area contributed by atoms with Crippen molar-refractivity contribution in [3.8, 4) is 5.75 Å². The van der Waals surface area contributed by atoms with Crippen LogP contribution in [0.5, 0.6) is 5.75 Å². The Morgan fingerprint density at radius 2 is 1.73 bits per heavy atom. The number of nitrogens with one attached hydrogen (secondary N) is 1. The average molecular weight is 552 g/mol. The van der Waals surface area contributed by atoms with Crippen molar-refractivity contribution in [3.05, 3.63) is 92.9 Å². The Hall–Kier alpha value is -2.55. The topological polar surface area (TPSA) is 75.7 Å². The molecular weight excluding hydrogens is 528 g/mol. The maximum atomic E-state index is 12.4.